The van der Waals surface area contributed by atoms with Crippen molar-refractivity contribution in [1.82, 2.24) is 4.98 Å². The van der Waals surface area contributed by atoms with Crippen molar-refractivity contribution in [3.05, 3.63) is 77.9 Å². The van der Waals surface area contributed by atoms with Crippen LogP contribution in [0.3, 0.4) is 0 Å². The second-order valence-electron chi connectivity index (χ2n) is 8.69. The van der Waals surface area contributed by atoms with Crippen LogP contribution in [0.4, 0.5) is 5.69 Å². The number of benzene rings is 3. The Hall–Kier alpha value is -4.68. The number of thioether (sulfide) groups is 1. The summed E-state index contributed by atoms with van der Waals surface area (Å²) in [4.78, 5) is 17.8. The molecule has 4 rings (SSSR count). The topological polar surface area (TPSA) is 103 Å². The number of hydrogen-bond donors (Lipinski definition) is 1. The summed E-state index contributed by atoms with van der Waals surface area (Å²) in [6.07, 6.45) is 0. The zero-order chi connectivity index (χ0) is 28.6. The first-order valence-electron chi connectivity index (χ1n) is 12.3. The molecule has 3 aromatic carbocycles. The number of carbonyl (C=O) groups is 1. The summed E-state index contributed by atoms with van der Waals surface area (Å²) in [7, 11) is 6.21. The van der Waals surface area contributed by atoms with Crippen LogP contribution in [0.15, 0.2) is 71.8 Å². The molecule has 1 amide bonds. The second-order valence-corrected chi connectivity index (χ2v) is 9.65. The molecule has 0 aliphatic heterocycles. The molecule has 4 aromatic rings. The van der Waals surface area contributed by atoms with E-state index in [1.54, 1.807) is 45.6 Å². The molecule has 0 unspecified atom stereocenters. The highest BCUT2D eigenvalue weighted by Gasteiger charge is 2.19. The molecule has 8 nitrogen and oxygen atoms in total. The van der Waals surface area contributed by atoms with Crippen molar-refractivity contribution in [1.29, 1.82) is 5.26 Å². The van der Waals surface area contributed by atoms with Gasteiger partial charge in [-0.05, 0) is 42.8 Å². The molecule has 0 atom stereocenters. The summed E-state index contributed by atoms with van der Waals surface area (Å²) < 4.78 is 21.5. The average Bonchev–Trinajstić information content (AvgIpc) is 2.99. The lowest BCUT2D eigenvalue weighted by molar-refractivity contribution is -0.113. The zero-order valence-corrected chi connectivity index (χ0v) is 23.7. The van der Waals surface area contributed by atoms with Crippen LogP contribution in [0.2, 0.25) is 0 Å². The van der Waals surface area contributed by atoms with Crippen LogP contribution in [0, 0.1) is 18.3 Å². The number of carbonyl (C=O) groups excluding carboxylic acids is 1. The molecule has 0 bridgehead atoms. The number of aromatic nitrogens is 1. The maximum absolute atomic E-state index is 13.0. The van der Waals surface area contributed by atoms with Crippen molar-refractivity contribution in [3.8, 4) is 51.5 Å². The van der Waals surface area contributed by atoms with Gasteiger partial charge in [-0.1, -0.05) is 47.7 Å². The molecule has 0 radical (unpaired) electrons. The molecule has 9 heteroatoms. The Bertz CT molecular complexity index is 1560. The normalized spacial score (nSPS) is 10.4. The van der Waals surface area contributed by atoms with Gasteiger partial charge in [-0.3, -0.25) is 4.79 Å². The number of nitrogens with one attached hydrogen (secondary N) is 1. The maximum atomic E-state index is 13.0. The highest BCUT2D eigenvalue weighted by molar-refractivity contribution is 8.00. The third-order valence-corrected chi connectivity index (χ3v) is 7.14. The van der Waals surface area contributed by atoms with Gasteiger partial charge in [0.15, 0.2) is 11.5 Å². The molecule has 1 heterocycles. The number of methoxy groups -OCH3 is 4. The standard InChI is InChI=1S/C31H29N3O5S/c1-19-6-8-20(9-7-19)25-16-23(21-10-12-28(38-4)29(14-21)39-5)24(17-32)31(34-25)40-18-30(35)33-26-15-22(36-2)11-13-27(26)37-3/h6-16H,18H2,1-5H3,(H,33,35). The van der Waals surface area contributed by atoms with Crippen LogP contribution in [0.25, 0.3) is 22.4 Å². The van der Waals surface area contributed by atoms with Gasteiger partial charge >= 0.3 is 0 Å². The predicted octanol–water partition coefficient (Wildman–Crippen LogP) is 6.36. The van der Waals surface area contributed by atoms with Gasteiger partial charge in [0, 0.05) is 17.2 Å². The quantitative estimate of drug-likeness (QED) is 0.226. The Morgan fingerprint density at radius 3 is 2.17 bits per heavy atom. The summed E-state index contributed by atoms with van der Waals surface area (Å²) in [6.45, 7) is 2.02. The molecule has 0 fully saturated rings. The number of aryl methyl sites for hydroxylation is 1. The first-order chi connectivity index (χ1) is 19.4. The van der Waals surface area contributed by atoms with Crippen molar-refractivity contribution < 1.29 is 23.7 Å². The zero-order valence-electron chi connectivity index (χ0n) is 22.9. The van der Waals surface area contributed by atoms with Crippen LogP contribution in [-0.4, -0.2) is 45.1 Å². The van der Waals surface area contributed by atoms with E-state index in [1.807, 2.05) is 49.4 Å². The number of amides is 1. The van der Waals surface area contributed by atoms with Crippen molar-refractivity contribution in [2.75, 3.05) is 39.5 Å². The van der Waals surface area contributed by atoms with E-state index in [2.05, 4.69) is 11.4 Å². The molecule has 0 aliphatic rings. The Morgan fingerprint density at radius 2 is 1.52 bits per heavy atom. The molecule has 40 heavy (non-hydrogen) atoms. The van der Waals surface area contributed by atoms with Gasteiger partial charge in [-0.15, -0.1) is 0 Å². The molecule has 0 saturated heterocycles. The second kappa shape index (κ2) is 12.9. The molecule has 0 aliphatic carbocycles. The van der Waals surface area contributed by atoms with Gasteiger partial charge in [-0.2, -0.15) is 5.26 Å². The Balaban J connectivity index is 1.72. The number of hydrogen-bond acceptors (Lipinski definition) is 8. The lowest BCUT2D eigenvalue weighted by Crippen LogP contribution is -2.15. The largest absolute Gasteiger partial charge is 0.497 e. The fraction of sp³-hybridized carbons (Fsp3) is 0.194. The van der Waals surface area contributed by atoms with Crippen molar-refractivity contribution >= 4 is 23.4 Å². The van der Waals surface area contributed by atoms with Crippen LogP contribution < -0.4 is 24.3 Å². The minimum atomic E-state index is -0.282. The predicted molar refractivity (Wildman–Crippen MR) is 157 cm³/mol. The van der Waals surface area contributed by atoms with Gasteiger partial charge in [-0.25, -0.2) is 4.98 Å². The van der Waals surface area contributed by atoms with E-state index in [0.29, 0.717) is 50.5 Å². The minimum absolute atomic E-state index is 0.0186. The third-order valence-electron chi connectivity index (χ3n) is 6.16. The van der Waals surface area contributed by atoms with Gasteiger partial charge in [0.25, 0.3) is 0 Å². The van der Waals surface area contributed by atoms with Gasteiger partial charge < -0.3 is 24.3 Å². The summed E-state index contributed by atoms with van der Waals surface area (Å²) in [6, 6.07) is 22.8. The van der Waals surface area contributed by atoms with Crippen LogP contribution in [-0.2, 0) is 4.79 Å². The number of pyridine rings is 1. The van der Waals surface area contributed by atoms with Gasteiger partial charge in [0.1, 0.15) is 22.6 Å². The SMILES string of the molecule is COc1ccc(OC)c(NC(=O)CSc2nc(-c3ccc(C)cc3)cc(-c3ccc(OC)c(OC)c3)c2C#N)c1. The van der Waals surface area contributed by atoms with Gasteiger partial charge in [0.2, 0.25) is 5.91 Å². The minimum Gasteiger partial charge on any atom is -0.497 e. The smallest absolute Gasteiger partial charge is 0.234 e. The lowest BCUT2D eigenvalue weighted by Gasteiger charge is -2.15. The fourth-order valence-corrected chi connectivity index (χ4v) is 4.87. The summed E-state index contributed by atoms with van der Waals surface area (Å²) in [5, 5.41) is 13.5. The maximum Gasteiger partial charge on any atom is 0.234 e. The van der Waals surface area contributed by atoms with E-state index in [9.17, 15) is 10.1 Å². The highest BCUT2D eigenvalue weighted by atomic mass is 32.2. The summed E-state index contributed by atoms with van der Waals surface area (Å²) in [5.74, 6) is 1.95. The monoisotopic (exact) mass is 555 g/mol. The first-order valence-corrected chi connectivity index (χ1v) is 13.3. The number of anilines is 1. The lowest BCUT2D eigenvalue weighted by atomic mass is 9.98. The van der Waals surface area contributed by atoms with E-state index >= 15 is 0 Å². The average molecular weight is 556 g/mol. The molecule has 0 saturated carbocycles. The number of ether oxygens (including phenoxy) is 4. The molecule has 0 spiro atoms. The number of nitrogens with zero attached hydrogens (tertiary/aromatic N) is 2. The van der Waals surface area contributed by atoms with E-state index in [-0.39, 0.29) is 11.7 Å². The Kier molecular flexibility index (Phi) is 9.15. The van der Waals surface area contributed by atoms with Crippen LogP contribution in [0.1, 0.15) is 11.1 Å². The van der Waals surface area contributed by atoms with E-state index in [1.165, 1.54) is 18.9 Å². The first kappa shape index (κ1) is 28.3. The summed E-state index contributed by atoms with van der Waals surface area (Å²) >= 11 is 1.19. The van der Waals surface area contributed by atoms with Gasteiger partial charge in [0.05, 0.1) is 51.1 Å². The third kappa shape index (κ3) is 6.30. The number of rotatable bonds is 10. The molecular weight excluding hydrogens is 526 g/mol. The van der Waals surface area contributed by atoms with E-state index < -0.39 is 0 Å². The van der Waals surface area contributed by atoms with Crippen molar-refractivity contribution in [3.63, 3.8) is 0 Å². The Labute approximate surface area is 237 Å². The number of nitriles is 1. The highest BCUT2D eigenvalue weighted by Crippen LogP contribution is 2.38. The van der Waals surface area contributed by atoms with Crippen molar-refractivity contribution in [2.24, 2.45) is 0 Å². The molecule has 1 aromatic heterocycles. The van der Waals surface area contributed by atoms with E-state index in [4.69, 9.17) is 23.9 Å². The van der Waals surface area contributed by atoms with Crippen molar-refractivity contribution in [2.45, 2.75) is 11.9 Å². The fourth-order valence-electron chi connectivity index (χ4n) is 4.07. The Morgan fingerprint density at radius 1 is 0.850 bits per heavy atom. The summed E-state index contributed by atoms with van der Waals surface area (Å²) in [5.41, 5.74) is 4.98. The van der Waals surface area contributed by atoms with Crippen LogP contribution >= 0.6 is 11.8 Å². The van der Waals surface area contributed by atoms with Crippen LogP contribution in [0.5, 0.6) is 23.0 Å². The molecular formula is C31H29N3O5S. The van der Waals surface area contributed by atoms with E-state index in [0.717, 1.165) is 16.7 Å². The molecule has 204 valence electrons. The molecule has 1 N–H and O–H groups in total.